The molecule has 1 heterocycles. The number of amides is 1. The van der Waals surface area contributed by atoms with Gasteiger partial charge in [0.25, 0.3) is 0 Å². The van der Waals surface area contributed by atoms with Gasteiger partial charge in [-0.05, 0) is 67.6 Å². The Bertz CT molecular complexity index is 556. The zero-order valence-electron chi connectivity index (χ0n) is 14.8. The molecule has 23 heavy (non-hydrogen) atoms. The van der Waals surface area contributed by atoms with Crippen LogP contribution >= 0.6 is 0 Å². The Morgan fingerprint density at radius 3 is 2.74 bits per heavy atom. The van der Waals surface area contributed by atoms with Crippen molar-refractivity contribution in [3.63, 3.8) is 0 Å². The summed E-state index contributed by atoms with van der Waals surface area (Å²) in [4.78, 5) is 11.9. The third-order valence-corrected chi connectivity index (χ3v) is 8.21. The lowest BCUT2D eigenvalue weighted by molar-refractivity contribution is -0.126. The molecule has 0 unspecified atom stereocenters. The van der Waals surface area contributed by atoms with Gasteiger partial charge in [-0.15, -0.1) is 0 Å². The van der Waals surface area contributed by atoms with Gasteiger partial charge in [-0.2, -0.15) is 0 Å². The molecule has 2 saturated carbocycles. The number of nitrogens with one attached hydrogen (secondary N) is 1. The SMILES string of the molecule is CC[C@H]1C=C2NC(=O)CC[C@]2(C)[C@H]2CC[C@]3(C)[C@@H](O)CC[C@H]3[C@H]12. The summed E-state index contributed by atoms with van der Waals surface area (Å²) in [6.07, 6.45) is 9.59. The van der Waals surface area contributed by atoms with Gasteiger partial charge in [0.05, 0.1) is 6.10 Å². The molecule has 128 valence electrons. The number of aliphatic hydroxyl groups is 1. The van der Waals surface area contributed by atoms with E-state index < -0.39 is 0 Å². The molecular weight excluding hydrogens is 286 g/mol. The fourth-order valence-electron chi connectivity index (χ4n) is 6.70. The van der Waals surface area contributed by atoms with E-state index in [0.717, 1.165) is 25.7 Å². The predicted molar refractivity (Wildman–Crippen MR) is 90.4 cm³/mol. The van der Waals surface area contributed by atoms with Crippen LogP contribution < -0.4 is 5.32 Å². The number of fused-ring (bicyclic) bond motifs is 5. The molecule has 3 aliphatic carbocycles. The van der Waals surface area contributed by atoms with Crippen LogP contribution in [0, 0.1) is 34.5 Å². The molecule has 0 radical (unpaired) electrons. The topological polar surface area (TPSA) is 49.3 Å². The normalized spacial score (nSPS) is 52.1. The van der Waals surface area contributed by atoms with Gasteiger partial charge >= 0.3 is 0 Å². The number of hydrogen-bond acceptors (Lipinski definition) is 2. The minimum atomic E-state index is -0.116. The van der Waals surface area contributed by atoms with Crippen molar-refractivity contribution in [1.29, 1.82) is 0 Å². The Morgan fingerprint density at radius 2 is 2.00 bits per heavy atom. The number of carbonyl (C=O) groups is 1. The Morgan fingerprint density at radius 1 is 1.22 bits per heavy atom. The molecule has 0 aromatic rings. The second-order valence-electron chi connectivity index (χ2n) is 9.05. The standard InChI is InChI=1S/C20H31NO2/c1-4-12-11-15-19(2,10-8-17(23)21-15)14-7-9-20(3)13(18(12)14)5-6-16(20)22/h11-14,16,18,22H,4-10H2,1-3H3,(H,21,23)/t12-,13-,14-,16-,18-,19+,20-/m0/s1. The molecule has 4 rings (SSSR count). The largest absolute Gasteiger partial charge is 0.393 e. The molecule has 0 bridgehead atoms. The van der Waals surface area contributed by atoms with E-state index in [1.54, 1.807) is 0 Å². The summed E-state index contributed by atoms with van der Waals surface area (Å²) in [5.41, 5.74) is 1.47. The van der Waals surface area contributed by atoms with Gasteiger partial charge in [0.2, 0.25) is 5.91 Å². The molecule has 1 amide bonds. The Labute approximate surface area is 139 Å². The van der Waals surface area contributed by atoms with Gasteiger partial charge in [-0.25, -0.2) is 0 Å². The van der Waals surface area contributed by atoms with E-state index in [0.29, 0.717) is 30.1 Å². The predicted octanol–water partition coefficient (Wildman–Crippen LogP) is 3.63. The van der Waals surface area contributed by atoms with Gasteiger partial charge in [0, 0.05) is 17.5 Å². The van der Waals surface area contributed by atoms with Crippen LogP contribution in [0.5, 0.6) is 0 Å². The van der Waals surface area contributed by atoms with E-state index in [2.05, 4.69) is 32.2 Å². The first-order valence-electron chi connectivity index (χ1n) is 9.60. The molecule has 3 nitrogen and oxygen atoms in total. The maximum absolute atomic E-state index is 11.9. The molecule has 3 heteroatoms. The van der Waals surface area contributed by atoms with Crippen molar-refractivity contribution >= 4 is 5.91 Å². The second-order valence-corrected chi connectivity index (χ2v) is 9.05. The van der Waals surface area contributed by atoms with Crippen molar-refractivity contribution in [3.05, 3.63) is 11.8 Å². The van der Waals surface area contributed by atoms with Gasteiger partial charge in [0.15, 0.2) is 0 Å². The fraction of sp³-hybridized carbons (Fsp3) is 0.850. The van der Waals surface area contributed by atoms with E-state index in [1.165, 1.54) is 18.5 Å². The number of hydrogen-bond donors (Lipinski definition) is 2. The fourth-order valence-corrected chi connectivity index (χ4v) is 6.70. The van der Waals surface area contributed by atoms with Crippen molar-refractivity contribution in [2.75, 3.05) is 0 Å². The summed E-state index contributed by atoms with van der Waals surface area (Å²) in [5, 5.41) is 13.8. The van der Waals surface area contributed by atoms with Crippen LogP contribution in [0.2, 0.25) is 0 Å². The summed E-state index contributed by atoms with van der Waals surface area (Å²) in [6, 6.07) is 0. The Hall–Kier alpha value is -0.830. The lowest BCUT2D eigenvalue weighted by Gasteiger charge is -2.59. The molecule has 3 fully saturated rings. The van der Waals surface area contributed by atoms with E-state index in [1.807, 2.05) is 0 Å². The van der Waals surface area contributed by atoms with Gasteiger partial charge in [-0.1, -0.05) is 26.8 Å². The first-order chi connectivity index (χ1) is 10.9. The molecule has 0 aromatic carbocycles. The maximum Gasteiger partial charge on any atom is 0.224 e. The highest BCUT2D eigenvalue weighted by Crippen LogP contribution is 2.65. The van der Waals surface area contributed by atoms with E-state index >= 15 is 0 Å². The summed E-state index contributed by atoms with van der Waals surface area (Å²) in [6.45, 7) is 7.00. The van der Waals surface area contributed by atoms with Crippen molar-refractivity contribution in [1.82, 2.24) is 5.32 Å². The highest BCUT2D eigenvalue weighted by atomic mass is 16.3. The van der Waals surface area contributed by atoms with Gasteiger partial charge in [0.1, 0.15) is 0 Å². The number of piperidine rings is 1. The van der Waals surface area contributed by atoms with Crippen molar-refractivity contribution in [3.8, 4) is 0 Å². The minimum absolute atomic E-state index is 0.116. The van der Waals surface area contributed by atoms with Crippen LogP contribution in [0.1, 0.15) is 65.7 Å². The summed E-state index contributed by atoms with van der Waals surface area (Å²) < 4.78 is 0. The van der Waals surface area contributed by atoms with Crippen molar-refractivity contribution in [2.45, 2.75) is 71.8 Å². The lowest BCUT2D eigenvalue weighted by atomic mass is 9.47. The molecule has 7 atom stereocenters. The van der Waals surface area contributed by atoms with Gasteiger partial charge < -0.3 is 10.4 Å². The highest BCUT2D eigenvalue weighted by Gasteiger charge is 2.60. The second kappa shape index (κ2) is 5.08. The molecule has 0 spiro atoms. The summed E-state index contributed by atoms with van der Waals surface area (Å²) >= 11 is 0. The molecule has 1 saturated heterocycles. The highest BCUT2D eigenvalue weighted by molar-refractivity contribution is 5.79. The van der Waals surface area contributed by atoms with Crippen molar-refractivity contribution in [2.24, 2.45) is 34.5 Å². The summed E-state index contributed by atoms with van der Waals surface area (Å²) in [7, 11) is 0. The molecule has 4 aliphatic rings. The van der Waals surface area contributed by atoms with Gasteiger partial charge in [-0.3, -0.25) is 4.79 Å². The lowest BCUT2D eigenvalue weighted by Crippen LogP contribution is -2.56. The van der Waals surface area contributed by atoms with Crippen LogP contribution in [0.25, 0.3) is 0 Å². The number of carbonyl (C=O) groups excluding carboxylic acids is 1. The Balaban J connectivity index is 1.76. The zero-order chi connectivity index (χ0) is 16.4. The van der Waals surface area contributed by atoms with E-state index in [-0.39, 0.29) is 22.8 Å². The van der Waals surface area contributed by atoms with Crippen LogP contribution in [0.15, 0.2) is 11.8 Å². The number of allylic oxidation sites excluding steroid dienone is 2. The molecule has 1 aliphatic heterocycles. The van der Waals surface area contributed by atoms with E-state index in [9.17, 15) is 9.90 Å². The van der Waals surface area contributed by atoms with Crippen LogP contribution in [-0.2, 0) is 4.79 Å². The first-order valence-corrected chi connectivity index (χ1v) is 9.60. The molecule has 0 aromatic heterocycles. The van der Waals surface area contributed by atoms with E-state index in [4.69, 9.17) is 0 Å². The smallest absolute Gasteiger partial charge is 0.224 e. The zero-order valence-corrected chi connectivity index (χ0v) is 14.8. The third kappa shape index (κ3) is 2.01. The molecule has 2 N–H and O–H groups in total. The first kappa shape index (κ1) is 15.7. The van der Waals surface area contributed by atoms with Crippen molar-refractivity contribution < 1.29 is 9.90 Å². The average Bonchev–Trinajstić information content (AvgIpc) is 2.83. The number of rotatable bonds is 1. The summed E-state index contributed by atoms with van der Waals surface area (Å²) in [5.74, 6) is 2.74. The maximum atomic E-state index is 11.9. The van der Waals surface area contributed by atoms with Crippen LogP contribution in [0.4, 0.5) is 0 Å². The van der Waals surface area contributed by atoms with Crippen LogP contribution in [-0.4, -0.2) is 17.1 Å². The van der Waals surface area contributed by atoms with Crippen LogP contribution in [0.3, 0.4) is 0 Å². The minimum Gasteiger partial charge on any atom is -0.393 e. The Kier molecular flexibility index (Phi) is 3.46. The average molecular weight is 317 g/mol. The third-order valence-electron chi connectivity index (χ3n) is 8.21. The quantitative estimate of drug-likeness (QED) is 0.776. The molecular formula is C20H31NO2. The number of aliphatic hydroxyl groups excluding tert-OH is 1. The monoisotopic (exact) mass is 317 g/mol.